The van der Waals surface area contributed by atoms with Crippen LogP contribution in [0.15, 0.2) is 65.6 Å². The van der Waals surface area contributed by atoms with Crippen molar-refractivity contribution < 1.29 is 19.0 Å². The Hall–Kier alpha value is -4.40. The predicted octanol–water partition coefficient (Wildman–Crippen LogP) is 4.57. The van der Waals surface area contributed by atoms with Crippen molar-refractivity contribution in [1.82, 2.24) is 20.2 Å². The first-order chi connectivity index (χ1) is 16.3. The number of hydrogen-bond acceptors (Lipinski definition) is 6. The minimum Gasteiger partial charge on any atom is -0.478 e. The average molecular weight is 460 g/mol. The second kappa shape index (κ2) is 9.62. The maximum Gasteiger partial charge on any atom is 0.338 e. The smallest absolute Gasteiger partial charge is 0.338 e. The molecular formula is C25H21FN4O4. The summed E-state index contributed by atoms with van der Waals surface area (Å²) < 4.78 is 20.3. The van der Waals surface area contributed by atoms with Crippen LogP contribution < -0.4 is 10.3 Å². The second-order valence-electron chi connectivity index (χ2n) is 7.93. The molecule has 2 heterocycles. The highest BCUT2D eigenvalue weighted by molar-refractivity contribution is 5.88. The number of aromatic carboxylic acids is 1. The third-order valence-electron chi connectivity index (χ3n) is 5.12. The molecule has 34 heavy (non-hydrogen) atoms. The van der Waals surface area contributed by atoms with Crippen molar-refractivity contribution in [2.75, 3.05) is 0 Å². The van der Waals surface area contributed by atoms with Gasteiger partial charge in [-0.25, -0.2) is 14.2 Å². The van der Waals surface area contributed by atoms with Crippen molar-refractivity contribution in [2.24, 2.45) is 0 Å². The Bertz CT molecular complexity index is 1380. The van der Waals surface area contributed by atoms with Gasteiger partial charge in [-0.3, -0.25) is 4.79 Å². The van der Waals surface area contributed by atoms with Crippen molar-refractivity contribution in [3.05, 3.63) is 99.6 Å². The highest BCUT2D eigenvalue weighted by atomic mass is 19.1. The topological polar surface area (TPSA) is 118 Å². The molecule has 8 nitrogen and oxygen atoms in total. The van der Waals surface area contributed by atoms with Crippen LogP contribution >= 0.6 is 0 Å². The molecular weight excluding hydrogens is 439 g/mol. The summed E-state index contributed by atoms with van der Waals surface area (Å²) in [5, 5.41) is 17.8. The first kappa shape index (κ1) is 22.8. The normalized spacial score (nSPS) is 10.9. The van der Waals surface area contributed by atoms with Crippen LogP contribution in [-0.2, 0) is 6.42 Å². The first-order valence-electron chi connectivity index (χ1n) is 10.5. The molecule has 0 saturated carbocycles. The molecule has 9 heteroatoms. The lowest BCUT2D eigenvalue weighted by atomic mass is 10.1. The number of aromatic nitrogens is 4. The van der Waals surface area contributed by atoms with Gasteiger partial charge in [-0.1, -0.05) is 13.8 Å². The van der Waals surface area contributed by atoms with Crippen LogP contribution in [0.4, 0.5) is 4.39 Å². The van der Waals surface area contributed by atoms with E-state index in [1.165, 1.54) is 12.3 Å². The van der Waals surface area contributed by atoms with Gasteiger partial charge in [-0.15, -0.1) is 0 Å². The lowest BCUT2D eigenvalue weighted by molar-refractivity contribution is 0.0691. The van der Waals surface area contributed by atoms with Gasteiger partial charge >= 0.3 is 5.97 Å². The van der Waals surface area contributed by atoms with Crippen LogP contribution in [0.3, 0.4) is 0 Å². The number of ether oxygens (including phenoxy) is 1. The van der Waals surface area contributed by atoms with E-state index in [1.54, 1.807) is 24.3 Å². The summed E-state index contributed by atoms with van der Waals surface area (Å²) in [5.41, 5.74) is 1.88. The van der Waals surface area contributed by atoms with E-state index in [0.717, 1.165) is 23.4 Å². The molecule has 0 aliphatic rings. The maximum absolute atomic E-state index is 14.4. The molecule has 2 aromatic heterocycles. The molecule has 4 rings (SSSR count). The standard InChI is InChI=1S/C25H21FN4O4/c1-14(2)20-7-8-21(30-29-20)15-3-5-17(6-4-15)34-22-13-18(25(32)33)19(26)11-16(22)12-23-27-10-9-24(31)28-23/h3-11,13-14H,12H2,1-2H3,(H,32,33)(H,27,28,31). The molecule has 0 aliphatic carbocycles. The first-order valence-corrected chi connectivity index (χ1v) is 10.5. The summed E-state index contributed by atoms with van der Waals surface area (Å²) >= 11 is 0. The molecule has 0 fully saturated rings. The van der Waals surface area contributed by atoms with Gasteiger partial charge in [0, 0.05) is 29.8 Å². The largest absolute Gasteiger partial charge is 0.478 e. The third-order valence-corrected chi connectivity index (χ3v) is 5.12. The van der Waals surface area contributed by atoms with Gasteiger partial charge in [0.2, 0.25) is 0 Å². The summed E-state index contributed by atoms with van der Waals surface area (Å²) in [6.45, 7) is 4.08. The molecule has 172 valence electrons. The monoisotopic (exact) mass is 460 g/mol. The molecule has 2 N–H and O–H groups in total. The molecule has 0 radical (unpaired) electrons. The Balaban J connectivity index is 1.63. The fourth-order valence-corrected chi connectivity index (χ4v) is 3.30. The van der Waals surface area contributed by atoms with Gasteiger partial charge in [-0.2, -0.15) is 10.2 Å². The Morgan fingerprint density at radius 1 is 1.09 bits per heavy atom. The highest BCUT2D eigenvalue weighted by Crippen LogP contribution is 2.31. The molecule has 2 aromatic carbocycles. The van der Waals surface area contributed by atoms with Crippen molar-refractivity contribution in [1.29, 1.82) is 0 Å². The van der Waals surface area contributed by atoms with Crippen molar-refractivity contribution in [3.8, 4) is 22.8 Å². The maximum atomic E-state index is 14.4. The summed E-state index contributed by atoms with van der Waals surface area (Å²) in [7, 11) is 0. The summed E-state index contributed by atoms with van der Waals surface area (Å²) in [6.07, 6.45) is 1.38. The molecule has 0 spiro atoms. The zero-order valence-corrected chi connectivity index (χ0v) is 18.4. The van der Waals surface area contributed by atoms with Gasteiger partial charge in [0.15, 0.2) is 0 Å². The van der Waals surface area contributed by atoms with Crippen LogP contribution in [-0.4, -0.2) is 31.2 Å². The van der Waals surface area contributed by atoms with Crippen molar-refractivity contribution in [3.63, 3.8) is 0 Å². The molecule has 0 bridgehead atoms. The average Bonchev–Trinajstić information content (AvgIpc) is 2.81. The van der Waals surface area contributed by atoms with E-state index in [4.69, 9.17) is 4.74 Å². The third kappa shape index (κ3) is 5.15. The van der Waals surface area contributed by atoms with Gasteiger partial charge in [-0.05, 0) is 54.4 Å². The minimum atomic E-state index is -1.42. The number of hydrogen-bond donors (Lipinski definition) is 2. The van der Waals surface area contributed by atoms with E-state index < -0.39 is 17.3 Å². The van der Waals surface area contributed by atoms with Crippen LogP contribution in [0.2, 0.25) is 0 Å². The summed E-state index contributed by atoms with van der Waals surface area (Å²) in [4.78, 5) is 29.7. The number of carboxylic acid groups (broad SMARTS) is 1. The van der Waals surface area contributed by atoms with E-state index in [1.807, 2.05) is 26.0 Å². The van der Waals surface area contributed by atoms with E-state index in [0.29, 0.717) is 22.8 Å². The van der Waals surface area contributed by atoms with Crippen LogP contribution in [0.1, 0.15) is 47.2 Å². The minimum absolute atomic E-state index is 0.0398. The second-order valence-corrected chi connectivity index (χ2v) is 7.93. The van der Waals surface area contributed by atoms with E-state index in [9.17, 15) is 19.1 Å². The molecule has 0 aliphatic heterocycles. The van der Waals surface area contributed by atoms with Gasteiger partial charge in [0.25, 0.3) is 5.56 Å². The quantitative estimate of drug-likeness (QED) is 0.415. The zero-order valence-electron chi connectivity index (χ0n) is 18.4. The van der Waals surface area contributed by atoms with E-state index in [2.05, 4.69) is 20.2 Å². The summed E-state index contributed by atoms with van der Waals surface area (Å²) in [6, 6.07) is 14.3. The van der Waals surface area contributed by atoms with Crippen molar-refractivity contribution in [2.45, 2.75) is 26.2 Å². The number of rotatable bonds is 7. The number of halogens is 1. The Morgan fingerprint density at radius 2 is 1.85 bits per heavy atom. The Labute approximate surface area is 194 Å². The van der Waals surface area contributed by atoms with Crippen LogP contribution in [0.5, 0.6) is 11.5 Å². The molecule has 4 aromatic rings. The van der Waals surface area contributed by atoms with Gasteiger partial charge < -0.3 is 14.8 Å². The fraction of sp³-hybridized carbons (Fsp3) is 0.160. The SMILES string of the molecule is CC(C)c1ccc(-c2ccc(Oc3cc(C(=O)O)c(F)cc3Cc3nccc(=O)[nH]3)cc2)nn1. The number of nitrogens with one attached hydrogen (secondary N) is 1. The number of aromatic amines is 1. The highest BCUT2D eigenvalue weighted by Gasteiger charge is 2.18. The molecule has 0 unspecified atom stereocenters. The fourth-order valence-electron chi connectivity index (χ4n) is 3.30. The number of H-pyrrole nitrogens is 1. The van der Waals surface area contributed by atoms with E-state index in [-0.39, 0.29) is 23.6 Å². The predicted molar refractivity (Wildman–Crippen MR) is 123 cm³/mol. The van der Waals surface area contributed by atoms with Gasteiger partial charge in [0.1, 0.15) is 23.1 Å². The van der Waals surface area contributed by atoms with Gasteiger partial charge in [0.05, 0.1) is 17.0 Å². The molecule has 0 atom stereocenters. The van der Waals surface area contributed by atoms with Crippen LogP contribution in [0, 0.1) is 5.82 Å². The lowest BCUT2D eigenvalue weighted by Gasteiger charge is -2.13. The number of nitrogens with zero attached hydrogens (tertiary/aromatic N) is 3. The summed E-state index contributed by atoms with van der Waals surface area (Å²) in [5.74, 6) is -1.21. The number of carbonyl (C=O) groups is 1. The van der Waals surface area contributed by atoms with E-state index >= 15 is 0 Å². The Kier molecular flexibility index (Phi) is 6.44. The zero-order chi connectivity index (χ0) is 24.2. The number of carboxylic acids is 1. The lowest BCUT2D eigenvalue weighted by Crippen LogP contribution is -2.10. The molecule has 0 amide bonds. The van der Waals surface area contributed by atoms with Crippen LogP contribution in [0.25, 0.3) is 11.3 Å². The van der Waals surface area contributed by atoms with Crippen molar-refractivity contribution >= 4 is 5.97 Å². The Morgan fingerprint density at radius 3 is 2.47 bits per heavy atom. The molecule has 0 saturated heterocycles. The number of benzene rings is 2.